The predicted octanol–water partition coefficient (Wildman–Crippen LogP) is 2.34. The summed E-state index contributed by atoms with van der Waals surface area (Å²) in [6.07, 6.45) is 4.62. The summed E-state index contributed by atoms with van der Waals surface area (Å²) in [5, 5.41) is 0. The van der Waals surface area contributed by atoms with Crippen LogP contribution >= 0.6 is 0 Å². The van der Waals surface area contributed by atoms with Gasteiger partial charge in [-0.1, -0.05) is 23.3 Å². The van der Waals surface area contributed by atoms with E-state index in [0.717, 1.165) is 24.0 Å². The molecular formula is C15H19NO3S. The van der Waals surface area contributed by atoms with Gasteiger partial charge in [-0.25, -0.2) is 13.1 Å². The monoisotopic (exact) mass is 293 g/mol. The maximum Gasteiger partial charge on any atom is 0.240 e. The molecule has 0 aromatic heterocycles. The molecule has 0 amide bonds. The number of rotatable bonds is 5. The summed E-state index contributed by atoms with van der Waals surface area (Å²) in [5.41, 5.74) is 2.06. The molecule has 0 saturated heterocycles. The number of allylic oxidation sites excluding steroid dienone is 1. The lowest BCUT2D eigenvalue weighted by Gasteiger charge is -2.12. The summed E-state index contributed by atoms with van der Waals surface area (Å²) in [6, 6.07) is 6.75. The van der Waals surface area contributed by atoms with Gasteiger partial charge in [0.05, 0.1) is 4.90 Å². The molecule has 0 heterocycles. The highest BCUT2D eigenvalue weighted by Gasteiger charge is 2.14. The second-order valence-corrected chi connectivity index (χ2v) is 6.85. The van der Waals surface area contributed by atoms with Gasteiger partial charge in [0, 0.05) is 13.0 Å². The van der Waals surface area contributed by atoms with Crippen molar-refractivity contribution in [1.29, 1.82) is 0 Å². The zero-order valence-corrected chi connectivity index (χ0v) is 12.4. The standard InChI is InChI=1S/C15H19NO3S/c1-12-5-7-15(8-6-12)20(18,19)16-10-9-13-3-2-4-14(17)11-13/h5-8,11,16H,2-4,9-10H2,1H3. The molecule has 2 rings (SSSR count). The molecule has 1 aliphatic carbocycles. The number of ketones is 1. The first-order valence-electron chi connectivity index (χ1n) is 6.76. The quantitative estimate of drug-likeness (QED) is 0.906. The van der Waals surface area contributed by atoms with E-state index in [-0.39, 0.29) is 10.7 Å². The molecule has 1 aromatic rings. The van der Waals surface area contributed by atoms with Crippen LogP contribution in [0.3, 0.4) is 0 Å². The summed E-state index contributed by atoms with van der Waals surface area (Å²) in [4.78, 5) is 11.5. The van der Waals surface area contributed by atoms with E-state index >= 15 is 0 Å². The number of carbonyl (C=O) groups is 1. The van der Waals surface area contributed by atoms with Crippen LogP contribution in [0.25, 0.3) is 0 Å². The Morgan fingerprint density at radius 3 is 2.50 bits per heavy atom. The van der Waals surface area contributed by atoms with Crippen LogP contribution in [0.15, 0.2) is 40.8 Å². The minimum atomic E-state index is -3.45. The van der Waals surface area contributed by atoms with E-state index in [1.165, 1.54) is 0 Å². The molecular weight excluding hydrogens is 274 g/mol. The van der Waals surface area contributed by atoms with E-state index < -0.39 is 10.0 Å². The van der Waals surface area contributed by atoms with Crippen LogP contribution in [0.1, 0.15) is 31.2 Å². The summed E-state index contributed by atoms with van der Waals surface area (Å²) in [6.45, 7) is 2.24. The fourth-order valence-electron chi connectivity index (χ4n) is 2.21. The average molecular weight is 293 g/mol. The third-order valence-electron chi connectivity index (χ3n) is 3.36. The first kappa shape index (κ1) is 14.9. The van der Waals surface area contributed by atoms with Crippen LogP contribution in [0.5, 0.6) is 0 Å². The van der Waals surface area contributed by atoms with Gasteiger partial charge in [0.1, 0.15) is 0 Å². The molecule has 0 saturated carbocycles. The van der Waals surface area contributed by atoms with Crippen LogP contribution in [0.4, 0.5) is 0 Å². The molecule has 0 radical (unpaired) electrons. The van der Waals surface area contributed by atoms with Crippen LogP contribution < -0.4 is 4.72 Å². The minimum Gasteiger partial charge on any atom is -0.295 e. The zero-order valence-electron chi connectivity index (χ0n) is 11.6. The molecule has 1 aliphatic rings. The molecule has 0 fully saturated rings. The Morgan fingerprint density at radius 2 is 1.85 bits per heavy atom. The smallest absolute Gasteiger partial charge is 0.240 e. The fraction of sp³-hybridized carbons (Fsp3) is 0.400. The van der Waals surface area contributed by atoms with Crippen molar-refractivity contribution in [3.63, 3.8) is 0 Å². The fourth-order valence-corrected chi connectivity index (χ4v) is 3.24. The third-order valence-corrected chi connectivity index (χ3v) is 4.83. The largest absolute Gasteiger partial charge is 0.295 e. The van der Waals surface area contributed by atoms with E-state index in [1.807, 2.05) is 6.92 Å². The highest BCUT2D eigenvalue weighted by molar-refractivity contribution is 7.89. The summed E-state index contributed by atoms with van der Waals surface area (Å²) < 4.78 is 26.7. The first-order chi connectivity index (χ1) is 9.47. The Balaban J connectivity index is 1.93. The SMILES string of the molecule is Cc1ccc(S(=O)(=O)NCCC2=CC(=O)CCC2)cc1. The van der Waals surface area contributed by atoms with E-state index in [1.54, 1.807) is 30.3 Å². The molecule has 0 unspecified atom stereocenters. The normalized spacial score (nSPS) is 16.1. The lowest BCUT2D eigenvalue weighted by Crippen LogP contribution is -2.25. The van der Waals surface area contributed by atoms with Crippen molar-refractivity contribution in [2.75, 3.05) is 6.54 Å². The Bertz CT molecular complexity index is 615. The van der Waals surface area contributed by atoms with E-state index in [2.05, 4.69) is 4.72 Å². The number of benzene rings is 1. The van der Waals surface area contributed by atoms with E-state index in [9.17, 15) is 13.2 Å². The molecule has 0 spiro atoms. The second-order valence-electron chi connectivity index (χ2n) is 5.08. The summed E-state index contributed by atoms with van der Waals surface area (Å²) >= 11 is 0. The Hall–Kier alpha value is -1.46. The number of aryl methyl sites for hydroxylation is 1. The number of hydrogen-bond acceptors (Lipinski definition) is 3. The van der Waals surface area contributed by atoms with Crippen molar-refractivity contribution in [1.82, 2.24) is 4.72 Å². The third kappa shape index (κ3) is 4.02. The Kier molecular flexibility index (Phi) is 4.73. The topological polar surface area (TPSA) is 63.2 Å². The van der Waals surface area contributed by atoms with E-state index in [4.69, 9.17) is 0 Å². The molecule has 0 atom stereocenters. The van der Waals surface area contributed by atoms with E-state index in [0.29, 0.717) is 19.4 Å². The maximum absolute atomic E-state index is 12.1. The zero-order chi connectivity index (χ0) is 14.6. The van der Waals surface area contributed by atoms with Gasteiger partial charge >= 0.3 is 0 Å². The maximum atomic E-state index is 12.1. The summed E-state index contributed by atoms with van der Waals surface area (Å²) in [7, 11) is -3.45. The number of sulfonamides is 1. The molecule has 1 N–H and O–H groups in total. The van der Waals surface area contributed by atoms with Crippen LogP contribution in [-0.2, 0) is 14.8 Å². The van der Waals surface area contributed by atoms with Crippen molar-refractivity contribution in [2.45, 2.75) is 37.5 Å². The van der Waals surface area contributed by atoms with Crippen molar-refractivity contribution in [3.8, 4) is 0 Å². The lowest BCUT2D eigenvalue weighted by molar-refractivity contribution is -0.115. The molecule has 4 nitrogen and oxygen atoms in total. The van der Waals surface area contributed by atoms with Crippen molar-refractivity contribution in [2.24, 2.45) is 0 Å². The van der Waals surface area contributed by atoms with Crippen molar-refractivity contribution < 1.29 is 13.2 Å². The molecule has 108 valence electrons. The predicted molar refractivity (Wildman–Crippen MR) is 77.9 cm³/mol. The van der Waals surface area contributed by atoms with Crippen LogP contribution in [0.2, 0.25) is 0 Å². The summed E-state index contributed by atoms with van der Waals surface area (Å²) in [5.74, 6) is 0.146. The lowest BCUT2D eigenvalue weighted by atomic mass is 9.96. The van der Waals surface area contributed by atoms with Gasteiger partial charge in [0.2, 0.25) is 10.0 Å². The Labute approximate surface area is 119 Å². The van der Waals surface area contributed by atoms with Crippen molar-refractivity contribution >= 4 is 15.8 Å². The average Bonchev–Trinajstić information content (AvgIpc) is 2.39. The van der Waals surface area contributed by atoms with Gasteiger partial charge in [0.15, 0.2) is 5.78 Å². The minimum absolute atomic E-state index is 0.146. The molecule has 20 heavy (non-hydrogen) atoms. The molecule has 0 aliphatic heterocycles. The first-order valence-corrected chi connectivity index (χ1v) is 8.24. The highest BCUT2D eigenvalue weighted by atomic mass is 32.2. The number of nitrogens with one attached hydrogen (secondary N) is 1. The van der Waals surface area contributed by atoms with Gasteiger partial charge in [-0.05, 0) is 44.4 Å². The number of hydrogen-bond donors (Lipinski definition) is 1. The number of carbonyl (C=O) groups excluding carboxylic acids is 1. The molecule has 0 bridgehead atoms. The van der Waals surface area contributed by atoms with Gasteiger partial charge in [-0.3, -0.25) is 4.79 Å². The molecule has 1 aromatic carbocycles. The van der Waals surface area contributed by atoms with Gasteiger partial charge in [-0.15, -0.1) is 0 Å². The highest BCUT2D eigenvalue weighted by Crippen LogP contribution is 2.18. The van der Waals surface area contributed by atoms with Gasteiger partial charge in [0.25, 0.3) is 0 Å². The van der Waals surface area contributed by atoms with Gasteiger partial charge < -0.3 is 0 Å². The molecule has 5 heteroatoms. The second kappa shape index (κ2) is 6.33. The Morgan fingerprint density at radius 1 is 1.15 bits per heavy atom. The van der Waals surface area contributed by atoms with Crippen LogP contribution in [0, 0.1) is 6.92 Å². The van der Waals surface area contributed by atoms with Crippen LogP contribution in [-0.4, -0.2) is 20.7 Å². The van der Waals surface area contributed by atoms with Crippen molar-refractivity contribution in [3.05, 3.63) is 41.5 Å². The van der Waals surface area contributed by atoms with Gasteiger partial charge in [-0.2, -0.15) is 0 Å².